The van der Waals surface area contributed by atoms with Crippen LogP contribution in [0.25, 0.3) is 0 Å². The first-order valence-corrected chi connectivity index (χ1v) is 8.07. The van der Waals surface area contributed by atoms with Crippen LogP contribution in [-0.2, 0) is 14.6 Å². The largest absolute Gasteiger partial charge is 0.492 e. The molecular weight excluding hydrogens is 266 g/mol. The molecule has 1 saturated heterocycles. The summed E-state index contributed by atoms with van der Waals surface area (Å²) in [5.41, 5.74) is 0. The number of sulfone groups is 1. The molecule has 1 aromatic rings. The Morgan fingerprint density at radius 1 is 1.26 bits per heavy atom. The fraction of sp³-hybridized carbons (Fsp3) is 0.462. The second kappa shape index (κ2) is 5.61. The Hall–Kier alpha value is -1.56. The highest BCUT2D eigenvalue weighted by atomic mass is 32.2. The molecule has 1 amide bonds. The van der Waals surface area contributed by atoms with Gasteiger partial charge in [-0.05, 0) is 30.7 Å². The van der Waals surface area contributed by atoms with Crippen molar-refractivity contribution in [2.75, 3.05) is 26.0 Å². The fourth-order valence-corrected chi connectivity index (χ4v) is 2.63. The van der Waals surface area contributed by atoms with Gasteiger partial charge in [-0.25, -0.2) is 8.42 Å². The lowest BCUT2D eigenvalue weighted by atomic mass is 10.3. The van der Waals surface area contributed by atoms with Gasteiger partial charge in [0.15, 0.2) is 9.84 Å². The molecule has 0 radical (unpaired) electrons. The molecule has 0 aliphatic carbocycles. The highest BCUT2D eigenvalue weighted by Gasteiger charge is 2.19. The molecule has 0 spiro atoms. The van der Waals surface area contributed by atoms with E-state index in [1.165, 1.54) is 18.4 Å². The van der Waals surface area contributed by atoms with Gasteiger partial charge in [-0.2, -0.15) is 0 Å². The molecule has 0 bridgehead atoms. The minimum atomic E-state index is -3.17. The lowest BCUT2D eigenvalue weighted by Crippen LogP contribution is -2.29. The first-order chi connectivity index (χ1) is 8.97. The zero-order valence-corrected chi connectivity index (χ0v) is 11.6. The van der Waals surface area contributed by atoms with E-state index in [1.807, 2.05) is 0 Å². The molecule has 0 aromatic heterocycles. The Balaban J connectivity index is 1.85. The van der Waals surface area contributed by atoms with Gasteiger partial charge in [0.25, 0.3) is 0 Å². The highest BCUT2D eigenvalue weighted by Crippen LogP contribution is 2.16. The molecule has 1 aliphatic rings. The number of carbonyl (C=O) groups is 1. The van der Waals surface area contributed by atoms with Gasteiger partial charge in [0, 0.05) is 19.2 Å². The second-order valence-corrected chi connectivity index (χ2v) is 6.59. The van der Waals surface area contributed by atoms with Crippen molar-refractivity contribution in [3.8, 4) is 5.75 Å². The summed E-state index contributed by atoms with van der Waals surface area (Å²) in [7, 11) is -3.17. The average Bonchev–Trinajstić information content (AvgIpc) is 2.75. The van der Waals surface area contributed by atoms with Crippen LogP contribution in [-0.4, -0.2) is 45.2 Å². The van der Waals surface area contributed by atoms with Crippen molar-refractivity contribution in [2.24, 2.45) is 0 Å². The van der Waals surface area contributed by atoms with Crippen LogP contribution in [0.5, 0.6) is 5.75 Å². The average molecular weight is 283 g/mol. The number of carbonyl (C=O) groups excluding carboxylic acids is 1. The molecule has 0 atom stereocenters. The van der Waals surface area contributed by atoms with E-state index in [1.54, 1.807) is 17.0 Å². The van der Waals surface area contributed by atoms with E-state index in [2.05, 4.69) is 0 Å². The monoisotopic (exact) mass is 283 g/mol. The van der Waals surface area contributed by atoms with Crippen LogP contribution in [0.15, 0.2) is 29.2 Å². The molecule has 2 rings (SSSR count). The van der Waals surface area contributed by atoms with Gasteiger partial charge in [0.1, 0.15) is 12.4 Å². The maximum atomic E-state index is 11.4. The van der Waals surface area contributed by atoms with Crippen molar-refractivity contribution in [2.45, 2.75) is 17.7 Å². The van der Waals surface area contributed by atoms with Gasteiger partial charge in [0.05, 0.1) is 11.4 Å². The lowest BCUT2D eigenvalue weighted by molar-refractivity contribution is -0.128. The van der Waals surface area contributed by atoms with Crippen molar-refractivity contribution in [1.29, 1.82) is 0 Å². The summed E-state index contributed by atoms with van der Waals surface area (Å²) in [6.07, 6.45) is 2.72. The molecular formula is C13H17NO4S. The maximum Gasteiger partial charge on any atom is 0.222 e. The Kier molecular flexibility index (Phi) is 4.09. The first kappa shape index (κ1) is 13.9. The van der Waals surface area contributed by atoms with Gasteiger partial charge in [-0.1, -0.05) is 0 Å². The van der Waals surface area contributed by atoms with Crippen LogP contribution in [0.2, 0.25) is 0 Å². The summed E-state index contributed by atoms with van der Waals surface area (Å²) in [6, 6.07) is 6.29. The van der Waals surface area contributed by atoms with Crippen LogP contribution >= 0.6 is 0 Å². The Labute approximate surface area is 113 Å². The molecule has 19 heavy (non-hydrogen) atoms. The molecule has 5 nitrogen and oxygen atoms in total. The van der Waals surface area contributed by atoms with Crippen molar-refractivity contribution in [3.05, 3.63) is 24.3 Å². The summed E-state index contributed by atoms with van der Waals surface area (Å²) in [6.45, 7) is 1.80. The molecule has 1 aliphatic heterocycles. The SMILES string of the molecule is CS(=O)(=O)c1ccc(OCCN2CCCC2=O)cc1. The van der Waals surface area contributed by atoms with E-state index >= 15 is 0 Å². The maximum absolute atomic E-state index is 11.4. The van der Waals surface area contributed by atoms with Crippen LogP contribution in [0, 0.1) is 0 Å². The van der Waals surface area contributed by atoms with E-state index in [-0.39, 0.29) is 10.8 Å². The molecule has 1 heterocycles. The summed E-state index contributed by atoms with van der Waals surface area (Å²) in [4.78, 5) is 13.4. The standard InChI is InChI=1S/C13H17NO4S/c1-19(16,17)12-6-4-11(5-7-12)18-10-9-14-8-2-3-13(14)15/h4-7H,2-3,8-10H2,1H3. The lowest BCUT2D eigenvalue weighted by Gasteiger charge is -2.15. The molecule has 1 aromatic carbocycles. The number of hydrogen-bond acceptors (Lipinski definition) is 4. The van der Waals surface area contributed by atoms with Crippen molar-refractivity contribution in [1.82, 2.24) is 4.90 Å². The van der Waals surface area contributed by atoms with Crippen molar-refractivity contribution in [3.63, 3.8) is 0 Å². The zero-order valence-electron chi connectivity index (χ0n) is 10.8. The quantitative estimate of drug-likeness (QED) is 0.811. The topological polar surface area (TPSA) is 63.7 Å². The van der Waals surface area contributed by atoms with E-state index < -0.39 is 9.84 Å². The number of hydrogen-bond donors (Lipinski definition) is 0. The Morgan fingerprint density at radius 2 is 1.95 bits per heavy atom. The van der Waals surface area contributed by atoms with E-state index in [9.17, 15) is 13.2 Å². The van der Waals surface area contributed by atoms with E-state index in [4.69, 9.17) is 4.74 Å². The molecule has 6 heteroatoms. The van der Waals surface area contributed by atoms with Crippen LogP contribution in [0.4, 0.5) is 0 Å². The van der Waals surface area contributed by atoms with Crippen LogP contribution in [0.1, 0.15) is 12.8 Å². The third kappa shape index (κ3) is 3.70. The van der Waals surface area contributed by atoms with Gasteiger partial charge < -0.3 is 9.64 Å². The summed E-state index contributed by atoms with van der Waals surface area (Å²) in [5, 5.41) is 0. The predicted octanol–water partition coefficient (Wildman–Crippen LogP) is 1.09. The molecule has 0 N–H and O–H groups in total. The van der Waals surface area contributed by atoms with Crippen LogP contribution in [0.3, 0.4) is 0 Å². The van der Waals surface area contributed by atoms with Gasteiger partial charge in [-0.15, -0.1) is 0 Å². The fourth-order valence-electron chi connectivity index (χ4n) is 2.00. The number of likely N-dealkylation sites (tertiary alicyclic amines) is 1. The minimum Gasteiger partial charge on any atom is -0.492 e. The first-order valence-electron chi connectivity index (χ1n) is 6.17. The second-order valence-electron chi connectivity index (χ2n) is 4.58. The number of nitrogens with zero attached hydrogens (tertiary/aromatic N) is 1. The van der Waals surface area contributed by atoms with Gasteiger partial charge in [-0.3, -0.25) is 4.79 Å². The molecule has 0 unspecified atom stereocenters. The zero-order chi connectivity index (χ0) is 13.9. The Morgan fingerprint density at radius 3 is 2.47 bits per heavy atom. The number of benzene rings is 1. The van der Waals surface area contributed by atoms with Crippen molar-refractivity contribution >= 4 is 15.7 Å². The van der Waals surface area contributed by atoms with Crippen LogP contribution < -0.4 is 4.74 Å². The minimum absolute atomic E-state index is 0.177. The predicted molar refractivity (Wildman–Crippen MR) is 70.9 cm³/mol. The van der Waals surface area contributed by atoms with Gasteiger partial charge in [0.2, 0.25) is 5.91 Å². The normalized spacial score (nSPS) is 15.8. The third-order valence-electron chi connectivity index (χ3n) is 3.05. The van der Waals surface area contributed by atoms with E-state index in [0.717, 1.165) is 13.0 Å². The Bertz CT molecular complexity index is 551. The number of rotatable bonds is 5. The third-order valence-corrected chi connectivity index (χ3v) is 4.18. The number of amides is 1. The van der Waals surface area contributed by atoms with Gasteiger partial charge >= 0.3 is 0 Å². The number of ether oxygens (including phenoxy) is 1. The molecule has 0 saturated carbocycles. The summed E-state index contributed by atoms with van der Waals surface area (Å²) < 4.78 is 28.1. The summed E-state index contributed by atoms with van der Waals surface area (Å²) in [5.74, 6) is 0.787. The van der Waals surface area contributed by atoms with Crippen molar-refractivity contribution < 1.29 is 17.9 Å². The van der Waals surface area contributed by atoms with E-state index in [0.29, 0.717) is 25.3 Å². The molecule has 1 fully saturated rings. The summed E-state index contributed by atoms with van der Waals surface area (Å²) >= 11 is 0. The highest BCUT2D eigenvalue weighted by molar-refractivity contribution is 7.90. The smallest absolute Gasteiger partial charge is 0.222 e. The molecule has 104 valence electrons.